The van der Waals surface area contributed by atoms with Gasteiger partial charge in [-0.05, 0) is 56.5 Å². The highest BCUT2D eigenvalue weighted by molar-refractivity contribution is 7.80. The summed E-state index contributed by atoms with van der Waals surface area (Å²) in [5.74, 6) is 0.529. The lowest BCUT2D eigenvalue weighted by molar-refractivity contribution is 0.226. The van der Waals surface area contributed by atoms with Crippen molar-refractivity contribution in [1.29, 1.82) is 0 Å². The average Bonchev–Trinajstić information content (AvgIpc) is 3.10. The highest BCUT2D eigenvalue weighted by atomic mass is 32.1. The molecule has 0 amide bonds. The SMILES string of the molecule is CC(C1CC1)N(C)Cc1cc(F)cc(C(N)=S)c1. The van der Waals surface area contributed by atoms with Gasteiger partial charge in [-0.15, -0.1) is 0 Å². The fraction of sp³-hybridized carbons (Fsp3) is 0.500. The van der Waals surface area contributed by atoms with Gasteiger partial charge in [0.05, 0.1) is 0 Å². The Morgan fingerprint density at radius 1 is 1.50 bits per heavy atom. The summed E-state index contributed by atoms with van der Waals surface area (Å²) in [4.78, 5) is 2.50. The second kappa shape index (κ2) is 5.33. The van der Waals surface area contributed by atoms with Crippen LogP contribution in [0.5, 0.6) is 0 Å². The van der Waals surface area contributed by atoms with Crippen LogP contribution in [-0.4, -0.2) is 23.0 Å². The van der Waals surface area contributed by atoms with Crippen LogP contribution in [0.2, 0.25) is 0 Å². The zero-order valence-electron chi connectivity index (χ0n) is 10.8. The van der Waals surface area contributed by atoms with Crippen LogP contribution in [0.4, 0.5) is 4.39 Å². The van der Waals surface area contributed by atoms with Crippen LogP contribution >= 0.6 is 12.2 Å². The van der Waals surface area contributed by atoms with Gasteiger partial charge in [-0.1, -0.05) is 12.2 Å². The average molecular weight is 266 g/mol. The summed E-state index contributed by atoms with van der Waals surface area (Å²) in [5, 5.41) is 0. The van der Waals surface area contributed by atoms with Crippen LogP contribution in [0, 0.1) is 11.7 Å². The van der Waals surface area contributed by atoms with E-state index in [2.05, 4.69) is 18.9 Å². The molecule has 4 heteroatoms. The van der Waals surface area contributed by atoms with Crippen molar-refractivity contribution in [2.75, 3.05) is 7.05 Å². The lowest BCUT2D eigenvalue weighted by Gasteiger charge is -2.24. The fourth-order valence-electron chi connectivity index (χ4n) is 2.25. The molecule has 2 rings (SSSR count). The summed E-state index contributed by atoms with van der Waals surface area (Å²) in [6.07, 6.45) is 2.62. The monoisotopic (exact) mass is 266 g/mol. The molecule has 1 aromatic rings. The van der Waals surface area contributed by atoms with E-state index in [1.165, 1.54) is 18.9 Å². The van der Waals surface area contributed by atoms with Gasteiger partial charge in [0.25, 0.3) is 0 Å². The molecule has 0 aliphatic heterocycles. The molecule has 0 heterocycles. The molecule has 98 valence electrons. The van der Waals surface area contributed by atoms with Crippen molar-refractivity contribution in [2.24, 2.45) is 11.7 Å². The molecule has 0 radical (unpaired) electrons. The van der Waals surface area contributed by atoms with Crippen molar-refractivity contribution in [1.82, 2.24) is 4.90 Å². The molecular formula is C14H19FN2S. The van der Waals surface area contributed by atoms with E-state index in [1.54, 1.807) is 6.07 Å². The van der Waals surface area contributed by atoms with Crippen molar-refractivity contribution in [2.45, 2.75) is 32.4 Å². The third-order valence-corrected chi connectivity index (χ3v) is 3.91. The van der Waals surface area contributed by atoms with E-state index in [4.69, 9.17) is 18.0 Å². The first kappa shape index (κ1) is 13.4. The molecule has 1 fully saturated rings. The molecule has 1 saturated carbocycles. The largest absolute Gasteiger partial charge is 0.389 e. The van der Waals surface area contributed by atoms with Crippen molar-refractivity contribution in [3.63, 3.8) is 0 Å². The Labute approximate surface area is 113 Å². The molecule has 0 aromatic heterocycles. The van der Waals surface area contributed by atoms with Crippen molar-refractivity contribution >= 4 is 17.2 Å². The standard InChI is InChI=1S/C14H19FN2S/c1-9(11-3-4-11)17(2)8-10-5-12(14(16)18)7-13(15)6-10/h5-7,9,11H,3-4,8H2,1-2H3,(H2,16,18). The van der Waals surface area contributed by atoms with Crippen LogP contribution in [0.1, 0.15) is 30.9 Å². The van der Waals surface area contributed by atoms with Crippen molar-refractivity contribution in [3.05, 3.63) is 35.1 Å². The molecule has 1 unspecified atom stereocenters. The Hall–Kier alpha value is -1.00. The van der Waals surface area contributed by atoms with E-state index in [9.17, 15) is 4.39 Å². The Bertz CT molecular complexity index is 457. The van der Waals surface area contributed by atoms with Crippen LogP contribution in [-0.2, 0) is 6.54 Å². The Morgan fingerprint density at radius 3 is 2.72 bits per heavy atom. The maximum atomic E-state index is 13.5. The van der Waals surface area contributed by atoms with Crippen LogP contribution in [0.25, 0.3) is 0 Å². The second-order valence-corrected chi connectivity index (χ2v) is 5.65. The zero-order valence-corrected chi connectivity index (χ0v) is 11.6. The number of hydrogen-bond acceptors (Lipinski definition) is 2. The molecule has 2 N–H and O–H groups in total. The van der Waals surface area contributed by atoms with Gasteiger partial charge in [-0.3, -0.25) is 4.90 Å². The molecule has 1 atom stereocenters. The predicted molar refractivity (Wildman–Crippen MR) is 75.9 cm³/mol. The molecule has 1 aliphatic rings. The molecule has 0 spiro atoms. The highest BCUT2D eigenvalue weighted by Gasteiger charge is 2.30. The van der Waals surface area contributed by atoms with Gasteiger partial charge in [0, 0.05) is 18.2 Å². The molecule has 2 nitrogen and oxygen atoms in total. The first-order valence-corrected chi connectivity index (χ1v) is 6.67. The number of hydrogen-bond donors (Lipinski definition) is 1. The number of benzene rings is 1. The van der Waals surface area contributed by atoms with Gasteiger partial charge in [0.1, 0.15) is 10.8 Å². The quantitative estimate of drug-likeness (QED) is 0.831. The van der Waals surface area contributed by atoms with Crippen molar-refractivity contribution < 1.29 is 4.39 Å². The van der Waals surface area contributed by atoms with Crippen molar-refractivity contribution in [3.8, 4) is 0 Å². The Morgan fingerprint density at radius 2 is 2.17 bits per heavy atom. The number of halogens is 1. The lowest BCUT2D eigenvalue weighted by atomic mass is 10.1. The minimum Gasteiger partial charge on any atom is -0.389 e. The lowest BCUT2D eigenvalue weighted by Crippen LogP contribution is -2.30. The third kappa shape index (κ3) is 3.27. The van der Waals surface area contributed by atoms with Crippen LogP contribution in [0.15, 0.2) is 18.2 Å². The highest BCUT2D eigenvalue weighted by Crippen LogP contribution is 2.35. The molecule has 0 saturated heterocycles. The molecule has 18 heavy (non-hydrogen) atoms. The molecule has 1 aromatic carbocycles. The predicted octanol–water partition coefficient (Wildman–Crippen LogP) is 2.69. The Balaban J connectivity index is 2.10. The van der Waals surface area contributed by atoms with Crippen LogP contribution in [0.3, 0.4) is 0 Å². The minimum absolute atomic E-state index is 0.244. The first-order chi connectivity index (χ1) is 8.47. The summed E-state index contributed by atoms with van der Waals surface area (Å²) in [6, 6.07) is 5.36. The third-order valence-electron chi connectivity index (χ3n) is 3.67. The first-order valence-electron chi connectivity index (χ1n) is 6.27. The van der Waals surface area contributed by atoms with E-state index in [0.717, 1.165) is 18.0 Å². The molecular weight excluding hydrogens is 247 g/mol. The van der Waals surface area contributed by atoms with Gasteiger partial charge in [0.15, 0.2) is 0 Å². The van der Waals surface area contributed by atoms with E-state index >= 15 is 0 Å². The van der Waals surface area contributed by atoms with E-state index in [1.807, 2.05) is 6.07 Å². The zero-order chi connectivity index (χ0) is 13.3. The topological polar surface area (TPSA) is 29.3 Å². The maximum absolute atomic E-state index is 13.5. The summed E-state index contributed by atoms with van der Waals surface area (Å²) in [5.41, 5.74) is 7.08. The van der Waals surface area contributed by atoms with Gasteiger partial charge >= 0.3 is 0 Å². The summed E-state index contributed by atoms with van der Waals surface area (Å²) in [7, 11) is 2.08. The minimum atomic E-state index is -0.275. The number of nitrogens with two attached hydrogens (primary N) is 1. The van der Waals surface area contributed by atoms with E-state index < -0.39 is 0 Å². The van der Waals surface area contributed by atoms with Gasteiger partial charge < -0.3 is 5.73 Å². The number of rotatable bonds is 5. The van der Waals surface area contributed by atoms with Crippen LogP contribution < -0.4 is 5.73 Å². The Kier molecular flexibility index (Phi) is 3.97. The van der Waals surface area contributed by atoms with E-state index in [-0.39, 0.29) is 10.8 Å². The number of thiocarbonyl (C=S) groups is 1. The molecule has 1 aliphatic carbocycles. The smallest absolute Gasteiger partial charge is 0.124 e. The van der Waals surface area contributed by atoms with Gasteiger partial charge in [-0.25, -0.2) is 4.39 Å². The normalized spacial score (nSPS) is 16.9. The van der Waals surface area contributed by atoms with Gasteiger partial charge in [0.2, 0.25) is 0 Å². The number of nitrogens with zero attached hydrogens (tertiary/aromatic N) is 1. The summed E-state index contributed by atoms with van der Waals surface area (Å²) >= 11 is 4.90. The second-order valence-electron chi connectivity index (χ2n) is 5.21. The maximum Gasteiger partial charge on any atom is 0.124 e. The molecule has 0 bridgehead atoms. The van der Waals surface area contributed by atoms with Gasteiger partial charge in [-0.2, -0.15) is 0 Å². The summed E-state index contributed by atoms with van der Waals surface area (Å²) in [6.45, 7) is 2.95. The fourth-order valence-corrected chi connectivity index (χ4v) is 2.37. The summed E-state index contributed by atoms with van der Waals surface area (Å²) < 4.78 is 13.5. The van der Waals surface area contributed by atoms with E-state index in [0.29, 0.717) is 11.6 Å².